The van der Waals surface area contributed by atoms with Gasteiger partial charge in [-0.15, -0.1) is 0 Å². The summed E-state index contributed by atoms with van der Waals surface area (Å²) in [7, 11) is 0. The molecule has 32 heavy (non-hydrogen) atoms. The molecule has 0 bridgehead atoms. The van der Waals surface area contributed by atoms with Crippen molar-refractivity contribution in [1.29, 1.82) is 0 Å². The molecule has 0 radical (unpaired) electrons. The molecular weight excluding hydrogens is 501 g/mol. The number of halogens is 8. The van der Waals surface area contributed by atoms with Gasteiger partial charge < -0.3 is 0 Å². The normalized spacial score (nSPS) is 12.8. The van der Waals surface area contributed by atoms with E-state index < -0.39 is 50.6 Å². The van der Waals surface area contributed by atoms with E-state index in [1.54, 1.807) is 6.07 Å². The number of rotatable bonds is 6. The molecule has 1 unspecified atom stereocenters. The maximum atomic E-state index is 14.7. The lowest BCUT2D eigenvalue weighted by Crippen LogP contribution is -2.10. The molecule has 3 rings (SSSR count). The highest BCUT2D eigenvalue weighted by atomic mass is 79.9. The van der Waals surface area contributed by atoms with E-state index in [-0.39, 0.29) is 11.1 Å². The van der Waals surface area contributed by atoms with Gasteiger partial charge in [0.05, 0.1) is 5.56 Å². The number of hydrogen-bond donors (Lipinski definition) is 0. The second-order valence-corrected chi connectivity index (χ2v) is 8.66. The molecule has 0 amide bonds. The van der Waals surface area contributed by atoms with E-state index >= 15 is 0 Å². The van der Waals surface area contributed by atoms with Crippen LogP contribution in [0.15, 0.2) is 42.5 Å². The quantitative estimate of drug-likeness (QED) is 0.226. The highest BCUT2D eigenvalue weighted by Crippen LogP contribution is 2.40. The molecule has 0 heterocycles. The molecule has 1 atom stereocenters. The second-order valence-electron chi connectivity index (χ2n) is 7.66. The van der Waals surface area contributed by atoms with Gasteiger partial charge in [0.15, 0.2) is 0 Å². The molecule has 0 N–H and O–H groups in total. The lowest BCUT2D eigenvalue weighted by Gasteiger charge is -2.14. The predicted octanol–water partition coefficient (Wildman–Crippen LogP) is 8.75. The van der Waals surface area contributed by atoms with Crippen molar-refractivity contribution < 1.29 is 30.7 Å². The van der Waals surface area contributed by atoms with Crippen molar-refractivity contribution in [1.82, 2.24) is 0 Å². The largest absolute Gasteiger partial charge is 0.332 e. The Morgan fingerprint density at radius 2 is 1.31 bits per heavy atom. The Bertz CT molecular complexity index is 1110. The molecule has 170 valence electrons. The van der Waals surface area contributed by atoms with Crippen LogP contribution in [0.5, 0.6) is 0 Å². The first-order chi connectivity index (χ1) is 14.9. The second kappa shape index (κ2) is 9.25. The summed E-state index contributed by atoms with van der Waals surface area (Å²) in [5.41, 5.74) is -2.41. The third-order valence-electron chi connectivity index (χ3n) is 5.28. The van der Waals surface area contributed by atoms with Crippen LogP contribution >= 0.6 is 15.9 Å². The molecular formula is C24H18BrF7. The van der Waals surface area contributed by atoms with Crippen LogP contribution in [0.3, 0.4) is 0 Å². The molecule has 8 heteroatoms. The maximum absolute atomic E-state index is 14.7. The summed E-state index contributed by atoms with van der Waals surface area (Å²) in [4.78, 5) is -4.00. The van der Waals surface area contributed by atoms with Crippen molar-refractivity contribution in [3.05, 3.63) is 82.7 Å². The van der Waals surface area contributed by atoms with Crippen LogP contribution in [0.1, 0.15) is 31.4 Å². The van der Waals surface area contributed by atoms with E-state index in [1.165, 1.54) is 12.1 Å². The van der Waals surface area contributed by atoms with Crippen LogP contribution in [0.4, 0.5) is 30.7 Å². The van der Waals surface area contributed by atoms with Gasteiger partial charge in [0.25, 0.3) is 0 Å². The summed E-state index contributed by atoms with van der Waals surface area (Å²) in [5.74, 6) is -6.12. The van der Waals surface area contributed by atoms with Gasteiger partial charge in [-0.1, -0.05) is 32.4 Å². The van der Waals surface area contributed by atoms with Gasteiger partial charge in [-0.05, 0) is 75.3 Å². The minimum atomic E-state index is -4.00. The zero-order chi connectivity index (χ0) is 23.8. The highest BCUT2D eigenvalue weighted by Gasteiger charge is 2.35. The SMILES string of the molecule is CCC(C)Cc1ccc(-c2cc(F)c(-c3cc(F)c(C(F)(F)Br)c(F)c3)c(F)c2)c(F)c1. The van der Waals surface area contributed by atoms with Crippen molar-refractivity contribution in [2.75, 3.05) is 0 Å². The standard InChI is InChI=1S/C24H18BrF7/c1-3-12(2)6-13-4-5-16(17(26)7-13)14-8-18(27)22(19(28)9-14)15-10-20(29)23(21(30)11-15)24(25,31)32/h4-5,7-12H,3,6H2,1-2H3. The van der Waals surface area contributed by atoms with Crippen molar-refractivity contribution in [3.63, 3.8) is 0 Å². The van der Waals surface area contributed by atoms with Crippen molar-refractivity contribution in [3.8, 4) is 22.3 Å². The topological polar surface area (TPSA) is 0 Å². The van der Waals surface area contributed by atoms with Crippen LogP contribution in [0.2, 0.25) is 0 Å². The van der Waals surface area contributed by atoms with E-state index in [2.05, 4.69) is 0 Å². The molecule has 0 aliphatic carbocycles. The monoisotopic (exact) mass is 518 g/mol. The Labute approximate surface area is 189 Å². The van der Waals surface area contributed by atoms with Gasteiger partial charge >= 0.3 is 4.83 Å². The van der Waals surface area contributed by atoms with Gasteiger partial charge in [0.2, 0.25) is 0 Å². The van der Waals surface area contributed by atoms with E-state index in [0.717, 1.165) is 24.1 Å². The average Bonchev–Trinajstić information content (AvgIpc) is 2.65. The zero-order valence-corrected chi connectivity index (χ0v) is 18.6. The third-order valence-corrected chi connectivity index (χ3v) is 5.68. The van der Waals surface area contributed by atoms with Gasteiger partial charge in [0.1, 0.15) is 34.6 Å². The van der Waals surface area contributed by atoms with E-state index in [9.17, 15) is 30.7 Å². The first kappa shape index (κ1) is 24.3. The number of benzene rings is 3. The number of hydrogen-bond acceptors (Lipinski definition) is 0. The lowest BCUT2D eigenvalue weighted by molar-refractivity contribution is 0.105. The van der Waals surface area contributed by atoms with E-state index in [1.807, 2.05) is 29.8 Å². The van der Waals surface area contributed by atoms with Crippen LogP contribution in [0, 0.1) is 35.0 Å². The minimum absolute atomic E-state index is 0.0473. The van der Waals surface area contributed by atoms with Crippen LogP contribution in [-0.2, 0) is 11.3 Å². The molecule has 0 fully saturated rings. The van der Waals surface area contributed by atoms with Crippen molar-refractivity contribution in [2.45, 2.75) is 31.5 Å². The fourth-order valence-electron chi connectivity index (χ4n) is 3.46. The van der Waals surface area contributed by atoms with Crippen LogP contribution in [0.25, 0.3) is 22.3 Å². The molecule has 3 aromatic carbocycles. The maximum Gasteiger partial charge on any atom is 0.332 e. The molecule has 0 saturated carbocycles. The molecule has 0 aliphatic heterocycles. The lowest BCUT2D eigenvalue weighted by atomic mass is 9.94. The summed E-state index contributed by atoms with van der Waals surface area (Å²) in [6, 6.07) is 6.86. The van der Waals surface area contributed by atoms with Crippen LogP contribution < -0.4 is 0 Å². The Morgan fingerprint density at radius 3 is 1.78 bits per heavy atom. The highest BCUT2D eigenvalue weighted by molar-refractivity contribution is 9.09. The van der Waals surface area contributed by atoms with E-state index in [4.69, 9.17) is 0 Å². The average molecular weight is 519 g/mol. The van der Waals surface area contributed by atoms with E-state index in [0.29, 0.717) is 24.5 Å². The summed E-state index contributed by atoms with van der Waals surface area (Å²) in [5, 5.41) is 0. The Balaban J connectivity index is 2.03. The zero-order valence-electron chi connectivity index (χ0n) is 17.1. The molecule has 0 saturated heterocycles. The molecule has 3 aromatic rings. The van der Waals surface area contributed by atoms with Gasteiger partial charge in [-0.2, -0.15) is 8.78 Å². The first-order valence-electron chi connectivity index (χ1n) is 9.76. The first-order valence-corrected chi connectivity index (χ1v) is 10.6. The predicted molar refractivity (Wildman–Crippen MR) is 113 cm³/mol. The molecule has 0 aromatic heterocycles. The van der Waals surface area contributed by atoms with Gasteiger partial charge in [0, 0.05) is 5.56 Å². The minimum Gasteiger partial charge on any atom is -0.206 e. The Morgan fingerprint density at radius 1 is 0.781 bits per heavy atom. The fraction of sp³-hybridized carbons (Fsp3) is 0.250. The Hall–Kier alpha value is -2.35. The summed E-state index contributed by atoms with van der Waals surface area (Å²) in [6.45, 7) is 4.03. The van der Waals surface area contributed by atoms with Crippen molar-refractivity contribution in [2.24, 2.45) is 5.92 Å². The van der Waals surface area contributed by atoms with Gasteiger partial charge in [-0.3, -0.25) is 0 Å². The Kier molecular flexibility index (Phi) is 7.03. The third kappa shape index (κ3) is 5.00. The molecule has 0 aliphatic rings. The van der Waals surface area contributed by atoms with Crippen LogP contribution in [-0.4, -0.2) is 0 Å². The summed E-state index contributed by atoms with van der Waals surface area (Å²) in [6.07, 6.45) is 1.56. The summed E-state index contributed by atoms with van der Waals surface area (Å²) < 4.78 is 98.9. The molecule has 0 spiro atoms. The number of alkyl halides is 3. The molecule has 0 nitrogen and oxygen atoms in total. The smallest absolute Gasteiger partial charge is 0.206 e. The fourth-order valence-corrected chi connectivity index (χ4v) is 3.84. The van der Waals surface area contributed by atoms with Gasteiger partial charge in [-0.25, -0.2) is 22.0 Å². The van der Waals surface area contributed by atoms with Crippen molar-refractivity contribution >= 4 is 15.9 Å². The summed E-state index contributed by atoms with van der Waals surface area (Å²) >= 11 is 1.87.